The third kappa shape index (κ3) is 8.65. The van der Waals surface area contributed by atoms with Gasteiger partial charge in [0.25, 0.3) is 0 Å². The number of aromatic amines is 1. The molecular formula is C39H43FN6O6. The summed E-state index contributed by atoms with van der Waals surface area (Å²) < 4.78 is 13.4. The minimum Gasteiger partial charge on any atom is -0.391 e. The van der Waals surface area contributed by atoms with E-state index < -0.39 is 60.4 Å². The Bertz CT molecular complexity index is 1920. The van der Waals surface area contributed by atoms with Crippen molar-refractivity contribution in [3.63, 3.8) is 0 Å². The molecule has 5 amide bonds. The van der Waals surface area contributed by atoms with Crippen LogP contribution in [0.15, 0.2) is 85.1 Å². The molecule has 3 aromatic carbocycles. The molecule has 2 saturated heterocycles. The van der Waals surface area contributed by atoms with Gasteiger partial charge in [-0.1, -0.05) is 60.7 Å². The number of H-pyrrole nitrogens is 1. The van der Waals surface area contributed by atoms with Gasteiger partial charge in [-0.05, 0) is 54.7 Å². The number of carbonyl (C=O) groups is 5. The molecule has 0 unspecified atom stereocenters. The lowest BCUT2D eigenvalue weighted by molar-refractivity contribution is -0.142. The number of hydrogen-bond acceptors (Lipinski definition) is 6. The largest absolute Gasteiger partial charge is 0.391 e. The maximum Gasteiger partial charge on any atom is 0.246 e. The van der Waals surface area contributed by atoms with E-state index in [0.717, 1.165) is 22.0 Å². The molecule has 0 radical (unpaired) electrons. The molecule has 6 rings (SSSR count). The van der Waals surface area contributed by atoms with E-state index in [9.17, 15) is 33.5 Å². The zero-order valence-corrected chi connectivity index (χ0v) is 28.9. The average molecular weight is 711 g/mol. The molecule has 1 aromatic heterocycles. The number of aliphatic hydroxyl groups excluding tert-OH is 1. The SMILES string of the molecule is C[C@@H]1NC(=O)[C@@H]2C[C@@H](O)CN2C(=O)[C@@H](Cc2c[nH]c3ccccc23)NC(=O)CN(C(=O)CCCc2ccc(F)cc2)C[C@@H](c2ccccc2)NC1=O. The molecule has 0 saturated carbocycles. The molecule has 13 heteroatoms. The van der Waals surface area contributed by atoms with E-state index in [0.29, 0.717) is 18.4 Å². The molecule has 52 heavy (non-hydrogen) atoms. The highest BCUT2D eigenvalue weighted by molar-refractivity contribution is 5.96. The van der Waals surface area contributed by atoms with Crippen molar-refractivity contribution in [1.82, 2.24) is 30.7 Å². The van der Waals surface area contributed by atoms with Crippen molar-refractivity contribution in [2.75, 3.05) is 19.6 Å². The number of halogens is 1. The lowest BCUT2D eigenvalue weighted by atomic mass is 10.0. The second-order valence-corrected chi connectivity index (χ2v) is 13.5. The lowest BCUT2D eigenvalue weighted by Crippen LogP contribution is -2.56. The fourth-order valence-corrected chi connectivity index (χ4v) is 6.96. The normalized spacial score (nSPS) is 23.3. The van der Waals surface area contributed by atoms with Gasteiger partial charge in [0.1, 0.15) is 23.9 Å². The molecule has 272 valence electrons. The maximum absolute atomic E-state index is 14.3. The summed E-state index contributed by atoms with van der Waals surface area (Å²) >= 11 is 0. The van der Waals surface area contributed by atoms with Gasteiger partial charge in [-0.3, -0.25) is 24.0 Å². The number of rotatable bonds is 7. The molecule has 0 aliphatic carbocycles. The van der Waals surface area contributed by atoms with Gasteiger partial charge in [0.2, 0.25) is 29.5 Å². The number of benzene rings is 3. The van der Waals surface area contributed by atoms with E-state index in [2.05, 4.69) is 20.9 Å². The van der Waals surface area contributed by atoms with Crippen molar-refractivity contribution >= 4 is 40.4 Å². The van der Waals surface area contributed by atoms with Crippen LogP contribution in [-0.2, 0) is 36.8 Å². The average Bonchev–Trinajstić information content (AvgIpc) is 3.74. The number of hydrogen-bond donors (Lipinski definition) is 5. The molecule has 0 spiro atoms. The Hall–Kier alpha value is -5.56. The molecule has 5 atom stereocenters. The van der Waals surface area contributed by atoms with E-state index in [1.165, 1.54) is 28.9 Å². The quantitative estimate of drug-likeness (QED) is 0.198. The van der Waals surface area contributed by atoms with Gasteiger partial charge in [-0.25, -0.2) is 4.39 Å². The van der Waals surface area contributed by atoms with Crippen LogP contribution in [0.1, 0.15) is 48.9 Å². The van der Waals surface area contributed by atoms with Crippen LogP contribution in [-0.4, -0.2) is 93.3 Å². The highest BCUT2D eigenvalue weighted by atomic mass is 19.1. The van der Waals surface area contributed by atoms with Gasteiger partial charge in [0.15, 0.2) is 0 Å². The van der Waals surface area contributed by atoms with E-state index in [-0.39, 0.29) is 44.1 Å². The van der Waals surface area contributed by atoms with Crippen LogP contribution < -0.4 is 16.0 Å². The first-order valence-electron chi connectivity index (χ1n) is 17.6. The predicted molar refractivity (Wildman–Crippen MR) is 191 cm³/mol. The van der Waals surface area contributed by atoms with Crippen LogP contribution in [0.5, 0.6) is 0 Å². The summed E-state index contributed by atoms with van der Waals surface area (Å²) in [6.45, 7) is 0.910. The first-order valence-corrected chi connectivity index (χ1v) is 17.6. The fourth-order valence-electron chi connectivity index (χ4n) is 6.96. The molecule has 3 heterocycles. The third-order valence-corrected chi connectivity index (χ3v) is 9.73. The Labute approximate surface area is 300 Å². The number of carbonyl (C=O) groups excluding carboxylic acids is 5. The summed E-state index contributed by atoms with van der Waals surface area (Å²) in [5, 5.41) is 20.0. The Morgan fingerprint density at radius 2 is 1.62 bits per heavy atom. The summed E-state index contributed by atoms with van der Waals surface area (Å²) in [5.74, 6) is -3.00. The Morgan fingerprint density at radius 1 is 0.885 bits per heavy atom. The molecule has 4 aromatic rings. The molecule has 0 bridgehead atoms. The minimum absolute atomic E-state index is 0.0352. The molecule has 2 aliphatic rings. The van der Waals surface area contributed by atoms with Crippen LogP contribution in [0.3, 0.4) is 0 Å². The van der Waals surface area contributed by atoms with Crippen molar-refractivity contribution in [3.8, 4) is 0 Å². The summed E-state index contributed by atoms with van der Waals surface area (Å²) in [7, 11) is 0. The number of para-hydroxylation sites is 1. The van der Waals surface area contributed by atoms with Gasteiger partial charge < -0.3 is 35.8 Å². The van der Waals surface area contributed by atoms with Gasteiger partial charge in [0.05, 0.1) is 18.7 Å². The third-order valence-electron chi connectivity index (χ3n) is 9.73. The fraction of sp³-hybridized carbons (Fsp3) is 0.359. The topological polar surface area (TPSA) is 164 Å². The van der Waals surface area contributed by atoms with E-state index in [1.54, 1.807) is 42.6 Å². The molecular weight excluding hydrogens is 667 g/mol. The van der Waals surface area contributed by atoms with Crippen molar-refractivity contribution < 1.29 is 33.5 Å². The smallest absolute Gasteiger partial charge is 0.246 e. The second-order valence-electron chi connectivity index (χ2n) is 13.5. The standard InChI is InChI=1S/C39H43FN6O6/c1-24-37(50)44-33(26-9-3-2-4-10-26)22-45(36(49)13-7-8-25-14-16-28(40)17-15-25)23-35(48)43-32(18-27-20-41-31-12-6-5-11-30(27)31)39(52)46-21-29(47)19-34(46)38(51)42-24/h2-6,9-12,14-17,20,24,29,32-34,41,47H,7-8,13,18-19,21-23H2,1H3,(H,42,51)(H,43,48)(H,44,50)/t24-,29+,32+,33-,34-/m0/s1. The summed E-state index contributed by atoms with van der Waals surface area (Å²) in [5.41, 5.74) is 3.14. The van der Waals surface area contributed by atoms with Crippen LogP contribution in [0.4, 0.5) is 4.39 Å². The molecule has 2 fully saturated rings. The monoisotopic (exact) mass is 710 g/mol. The number of fused-ring (bicyclic) bond motifs is 2. The summed E-state index contributed by atoms with van der Waals surface area (Å²) in [6.07, 6.45) is 1.82. The highest BCUT2D eigenvalue weighted by Crippen LogP contribution is 2.24. The Balaban J connectivity index is 1.32. The van der Waals surface area contributed by atoms with E-state index in [4.69, 9.17) is 0 Å². The van der Waals surface area contributed by atoms with Gasteiger partial charge in [0, 0.05) is 49.5 Å². The van der Waals surface area contributed by atoms with Crippen LogP contribution in [0.2, 0.25) is 0 Å². The van der Waals surface area contributed by atoms with Crippen molar-refractivity contribution in [1.29, 1.82) is 0 Å². The summed E-state index contributed by atoms with van der Waals surface area (Å²) in [6, 6.07) is 18.6. The van der Waals surface area contributed by atoms with Crippen LogP contribution in [0.25, 0.3) is 10.9 Å². The molecule has 12 nitrogen and oxygen atoms in total. The second kappa shape index (κ2) is 16.2. The van der Waals surface area contributed by atoms with E-state index >= 15 is 0 Å². The molecule has 5 N–H and O–H groups in total. The van der Waals surface area contributed by atoms with E-state index in [1.807, 2.05) is 30.3 Å². The minimum atomic E-state index is -1.14. The van der Waals surface area contributed by atoms with Crippen LogP contribution in [0, 0.1) is 5.82 Å². The lowest BCUT2D eigenvalue weighted by Gasteiger charge is -2.30. The number of nitrogens with one attached hydrogen (secondary N) is 4. The first-order chi connectivity index (χ1) is 25.0. The van der Waals surface area contributed by atoms with Crippen molar-refractivity contribution in [2.24, 2.45) is 0 Å². The number of aliphatic hydroxyl groups is 1. The predicted octanol–water partition coefficient (Wildman–Crippen LogP) is 2.52. The van der Waals surface area contributed by atoms with Crippen molar-refractivity contribution in [2.45, 2.75) is 69.3 Å². The zero-order chi connectivity index (χ0) is 36.8. The number of amides is 5. The van der Waals surface area contributed by atoms with Gasteiger partial charge in [-0.15, -0.1) is 0 Å². The molecule has 2 aliphatic heterocycles. The van der Waals surface area contributed by atoms with Gasteiger partial charge in [-0.2, -0.15) is 0 Å². The summed E-state index contributed by atoms with van der Waals surface area (Å²) in [4.78, 5) is 75.1. The number of aromatic nitrogens is 1. The Kier molecular flexibility index (Phi) is 11.3. The van der Waals surface area contributed by atoms with Crippen molar-refractivity contribution in [3.05, 3.63) is 108 Å². The highest BCUT2D eigenvalue weighted by Gasteiger charge is 2.42. The Morgan fingerprint density at radius 3 is 2.38 bits per heavy atom. The first kappa shape index (κ1) is 36.2. The zero-order valence-electron chi connectivity index (χ0n) is 28.9. The maximum atomic E-state index is 14.3. The number of nitrogens with zero attached hydrogens (tertiary/aromatic N) is 2. The number of aryl methyl sites for hydroxylation is 1. The van der Waals surface area contributed by atoms with Gasteiger partial charge >= 0.3 is 0 Å². The van der Waals surface area contributed by atoms with Crippen LogP contribution >= 0.6 is 0 Å².